The van der Waals surface area contributed by atoms with Crippen LogP contribution in [0.25, 0.3) is 0 Å². The average molecular weight is 270 g/mol. The summed E-state index contributed by atoms with van der Waals surface area (Å²) in [6.45, 7) is 0.436. The highest BCUT2D eigenvalue weighted by molar-refractivity contribution is 7.09. The highest BCUT2D eigenvalue weighted by Gasteiger charge is 2.28. The highest BCUT2D eigenvalue weighted by atomic mass is 32.1. The zero-order valence-electron chi connectivity index (χ0n) is 9.37. The zero-order chi connectivity index (χ0) is 13.3. The molecular formula is C9H14N6O2S. The third kappa shape index (κ3) is 2.01. The van der Waals surface area contributed by atoms with E-state index in [1.165, 1.54) is 0 Å². The van der Waals surface area contributed by atoms with Crippen LogP contribution in [0.15, 0.2) is 40.5 Å². The molecule has 0 saturated carbocycles. The fourth-order valence-electron chi connectivity index (χ4n) is 1.43. The number of hydroxylamine groups is 2. The van der Waals surface area contributed by atoms with Crippen molar-refractivity contribution < 1.29 is 10.4 Å². The van der Waals surface area contributed by atoms with Crippen LogP contribution in [0.3, 0.4) is 0 Å². The van der Waals surface area contributed by atoms with Crippen LogP contribution in [-0.2, 0) is 6.54 Å². The lowest BCUT2D eigenvalue weighted by atomic mass is 10.3. The third-order valence-corrected chi connectivity index (χ3v) is 3.30. The molecule has 0 atom stereocenters. The molecule has 1 aromatic heterocycles. The second-order valence-corrected chi connectivity index (χ2v) is 4.61. The minimum absolute atomic E-state index is 0.00326. The average Bonchev–Trinajstić information content (AvgIpc) is 2.87. The topological polar surface area (TPSA) is 137 Å². The summed E-state index contributed by atoms with van der Waals surface area (Å²) in [6, 6.07) is 3.82. The molecule has 2 heterocycles. The van der Waals surface area contributed by atoms with Gasteiger partial charge < -0.3 is 22.5 Å². The molecule has 0 spiro atoms. The van der Waals surface area contributed by atoms with Gasteiger partial charge in [0, 0.05) is 4.88 Å². The Morgan fingerprint density at radius 1 is 1.17 bits per heavy atom. The van der Waals surface area contributed by atoms with E-state index in [1.807, 2.05) is 17.5 Å². The molecule has 0 aromatic carbocycles. The van der Waals surface area contributed by atoms with Gasteiger partial charge in [0.1, 0.15) is 11.4 Å². The number of thiophene rings is 1. The van der Waals surface area contributed by atoms with Crippen molar-refractivity contribution in [3.63, 3.8) is 0 Å². The summed E-state index contributed by atoms with van der Waals surface area (Å²) in [5, 5.41) is 24.7. The van der Waals surface area contributed by atoms with Gasteiger partial charge >= 0.3 is 0 Å². The Morgan fingerprint density at radius 3 is 2.50 bits per heavy atom. The summed E-state index contributed by atoms with van der Waals surface area (Å²) in [4.78, 5) is 1.04. The minimum atomic E-state index is -0.239. The summed E-state index contributed by atoms with van der Waals surface area (Å²) < 4.78 is 0. The van der Waals surface area contributed by atoms with Crippen molar-refractivity contribution >= 4 is 11.3 Å². The summed E-state index contributed by atoms with van der Waals surface area (Å²) in [5.74, 6) is -0.172. The second-order valence-electron chi connectivity index (χ2n) is 3.57. The normalized spacial score (nSPS) is 16.6. The first-order valence-electron chi connectivity index (χ1n) is 5.02. The van der Waals surface area contributed by atoms with Crippen LogP contribution in [0.1, 0.15) is 4.88 Å². The lowest BCUT2D eigenvalue weighted by Crippen LogP contribution is -2.49. The number of nitrogens with two attached hydrogens (primary N) is 3. The van der Waals surface area contributed by atoms with Crippen molar-refractivity contribution in [1.82, 2.24) is 15.7 Å². The number of hydrazine groups is 1. The maximum absolute atomic E-state index is 9.67. The van der Waals surface area contributed by atoms with E-state index in [2.05, 4.69) is 5.32 Å². The third-order valence-electron chi connectivity index (χ3n) is 2.43. The van der Waals surface area contributed by atoms with E-state index in [0.717, 1.165) is 4.88 Å². The van der Waals surface area contributed by atoms with Gasteiger partial charge in [-0.1, -0.05) is 6.07 Å². The molecule has 0 bridgehead atoms. The van der Waals surface area contributed by atoms with Crippen molar-refractivity contribution in [2.24, 2.45) is 17.2 Å². The van der Waals surface area contributed by atoms with E-state index >= 15 is 0 Å². The molecule has 0 fully saturated rings. The van der Waals surface area contributed by atoms with Gasteiger partial charge in [0.25, 0.3) is 0 Å². The van der Waals surface area contributed by atoms with Gasteiger partial charge in [-0.15, -0.1) is 21.7 Å². The lowest BCUT2D eigenvalue weighted by Gasteiger charge is -2.33. The molecule has 1 aliphatic rings. The van der Waals surface area contributed by atoms with Gasteiger partial charge in [0.2, 0.25) is 0 Å². The van der Waals surface area contributed by atoms with Crippen LogP contribution in [0, 0.1) is 0 Å². The van der Waals surface area contributed by atoms with E-state index in [4.69, 9.17) is 17.2 Å². The van der Waals surface area contributed by atoms with Crippen LogP contribution >= 0.6 is 11.3 Å². The Hall–Kier alpha value is -2.10. The summed E-state index contributed by atoms with van der Waals surface area (Å²) >= 11 is 1.55. The van der Waals surface area contributed by atoms with Crippen LogP contribution in [-0.4, -0.2) is 20.8 Å². The molecule has 0 radical (unpaired) electrons. The van der Waals surface area contributed by atoms with Crippen molar-refractivity contribution in [3.8, 4) is 0 Å². The smallest absolute Gasteiger partial charge is 0.179 e. The molecule has 98 valence electrons. The fraction of sp³-hybridized carbons (Fsp3) is 0.111. The lowest BCUT2D eigenvalue weighted by molar-refractivity contribution is -0.334. The molecule has 1 aromatic rings. The first-order chi connectivity index (χ1) is 8.52. The summed E-state index contributed by atoms with van der Waals surface area (Å²) in [7, 11) is 0. The molecule has 2 rings (SSSR count). The maximum Gasteiger partial charge on any atom is 0.179 e. The molecule has 0 unspecified atom stereocenters. The van der Waals surface area contributed by atoms with Crippen LogP contribution in [0.5, 0.6) is 0 Å². The standard InChI is InChI=1S/C9H14N6O2S/c10-6-7(11)9(15(17)14(16)8(6)12)13-4-5-2-1-3-18-5/h1-3,13,16-17H,4,10-12H2. The minimum Gasteiger partial charge on any atom is -0.394 e. The van der Waals surface area contributed by atoms with Crippen LogP contribution in [0.4, 0.5) is 0 Å². The van der Waals surface area contributed by atoms with Crippen LogP contribution < -0.4 is 22.5 Å². The number of nitrogens with one attached hydrogen (secondary N) is 1. The number of hydrogen-bond acceptors (Lipinski definition) is 9. The first kappa shape index (κ1) is 12.4. The predicted molar refractivity (Wildman–Crippen MR) is 65.0 cm³/mol. The Balaban J connectivity index is 2.19. The molecular weight excluding hydrogens is 256 g/mol. The Bertz CT molecular complexity index is 497. The molecule has 9 heteroatoms. The summed E-state index contributed by atoms with van der Waals surface area (Å²) in [6.07, 6.45) is 0. The highest BCUT2D eigenvalue weighted by Crippen LogP contribution is 2.19. The maximum atomic E-state index is 9.67. The zero-order valence-corrected chi connectivity index (χ0v) is 10.2. The van der Waals surface area contributed by atoms with Gasteiger partial charge in [0.05, 0.1) is 6.54 Å². The van der Waals surface area contributed by atoms with Crippen molar-refractivity contribution in [1.29, 1.82) is 0 Å². The molecule has 0 amide bonds. The Kier molecular flexibility index (Phi) is 3.19. The van der Waals surface area contributed by atoms with E-state index in [0.29, 0.717) is 16.9 Å². The molecule has 8 nitrogen and oxygen atoms in total. The van der Waals surface area contributed by atoms with E-state index in [1.54, 1.807) is 11.3 Å². The Morgan fingerprint density at radius 2 is 1.89 bits per heavy atom. The molecule has 0 saturated heterocycles. The quantitative estimate of drug-likeness (QED) is 0.427. The monoisotopic (exact) mass is 270 g/mol. The van der Waals surface area contributed by atoms with Gasteiger partial charge in [-0.2, -0.15) is 0 Å². The van der Waals surface area contributed by atoms with Gasteiger partial charge in [0.15, 0.2) is 11.6 Å². The van der Waals surface area contributed by atoms with E-state index in [-0.39, 0.29) is 23.0 Å². The van der Waals surface area contributed by atoms with Crippen molar-refractivity contribution in [3.05, 3.63) is 45.4 Å². The van der Waals surface area contributed by atoms with Crippen LogP contribution in [0.2, 0.25) is 0 Å². The molecule has 18 heavy (non-hydrogen) atoms. The second kappa shape index (κ2) is 4.64. The van der Waals surface area contributed by atoms with Gasteiger partial charge in [-0.3, -0.25) is 10.4 Å². The van der Waals surface area contributed by atoms with E-state index in [9.17, 15) is 10.4 Å². The van der Waals surface area contributed by atoms with Gasteiger partial charge in [-0.05, 0) is 11.4 Å². The first-order valence-corrected chi connectivity index (χ1v) is 5.90. The molecule has 0 aliphatic carbocycles. The fourth-order valence-corrected chi connectivity index (χ4v) is 2.07. The van der Waals surface area contributed by atoms with Gasteiger partial charge in [-0.25, -0.2) is 0 Å². The SMILES string of the molecule is NC1=C(N)N(O)N(O)C(NCc2cccs2)=C1N. The molecule has 9 N–H and O–H groups in total. The molecule has 1 aliphatic heterocycles. The van der Waals surface area contributed by atoms with Crippen molar-refractivity contribution in [2.75, 3.05) is 0 Å². The van der Waals surface area contributed by atoms with Crippen molar-refractivity contribution in [2.45, 2.75) is 6.54 Å². The predicted octanol–water partition coefficient (Wildman–Crippen LogP) is -0.637. The van der Waals surface area contributed by atoms with E-state index < -0.39 is 0 Å². The number of nitrogens with zero attached hydrogens (tertiary/aromatic N) is 2. The Labute approximate surface area is 107 Å². The number of rotatable bonds is 3. The largest absolute Gasteiger partial charge is 0.394 e. The number of hydrogen-bond donors (Lipinski definition) is 6. The summed E-state index contributed by atoms with van der Waals surface area (Å²) in [5.41, 5.74) is 16.8.